The highest BCUT2D eigenvalue weighted by molar-refractivity contribution is 5.75. The van der Waals surface area contributed by atoms with Crippen molar-refractivity contribution in [1.82, 2.24) is 0 Å². The summed E-state index contributed by atoms with van der Waals surface area (Å²) in [6.45, 7) is 0. The smallest absolute Gasteiger partial charge is 0.322 e. The Morgan fingerprint density at radius 3 is 2.48 bits per heavy atom. The summed E-state index contributed by atoms with van der Waals surface area (Å²) in [6, 6.07) is 12.2. The first-order valence-corrected chi connectivity index (χ1v) is 6.85. The maximum Gasteiger partial charge on any atom is 0.322 e. The van der Waals surface area contributed by atoms with Gasteiger partial charge in [-0.05, 0) is 30.2 Å². The van der Waals surface area contributed by atoms with Crippen molar-refractivity contribution in [3.05, 3.63) is 64.2 Å². The van der Waals surface area contributed by atoms with Crippen molar-refractivity contribution in [2.45, 2.75) is 12.5 Å². The van der Waals surface area contributed by atoms with Crippen LogP contribution in [0, 0.1) is 10.1 Å². The Balaban J connectivity index is 2.09. The van der Waals surface area contributed by atoms with Crippen LogP contribution in [-0.4, -0.2) is 24.0 Å². The summed E-state index contributed by atoms with van der Waals surface area (Å²) >= 11 is 0. The van der Waals surface area contributed by atoms with E-state index in [4.69, 9.17) is 10.5 Å². The molecule has 0 radical (unpaired) electrons. The molecular formula is C16H16N2O5. The Morgan fingerprint density at radius 2 is 1.87 bits per heavy atom. The zero-order chi connectivity index (χ0) is 16.8. The summed E-state index contributed by atoms with van der Waals surface area (Å²) in [5.41, 5.74) is 6.42. The maximum atomic E-state index is 11.3. The van der Waals surface area contributed by atoms with Crippen LogP contribution in [0.4, 0.5) is 5.69 Å². The molecule has 1 atom stereocenters. The zero-order valence-electron chi connectivity index (χ0n) is 12.5. The number of hydrogen-bond acceptors (Lipinski definition) is 6. The molecule has 0 saturated heterocycles. The van der Waals surface area contributed by atoms with Crippen LogP contribution >= 0.6 is 0 Å². The molecule has 0 aliphatic rings. The lowest BCUT2D eigenvalue weighted by molar-refractivity contribution is -0.385. The monoisotopic (exact) mass is 316 g/mol. The number of nitro benzene ring substituents is 1. The van der Waals surface area contributed by atoms with Crippen molar-refractivity contribution in [2.75, 3.05) is 7.11 Å². The number of nitro groups is 1. The molecular weight excluding hydrogens is 300 g/mol. The number of carbonyl (C=O) groups excluding carboxylic acids is 1. The van der Waals surface area contributed by atoms with Gasteiger partial charge in [0.15, 0.2) is 0 Å². The van der Waals surface area contributed by atoms with Gasteiger partial charge >= 0.3 is 11.7 Å². The quantitative estimate of drug-likeness (QED) is 0.498. The van der Waals surface area contributed by atoms with Gasteiger partial charge in [0.1, 0.15) is 11.8 Å². The molecule has 0 saturated carbocycles. The Kier molecular flexibility index (Phi) is 5.27. The lowest BCUT2D eigenvalue weighted by Crippen LogP contribution is -2.33. The van der Waals surface area contributed by atoms with Crippen molar-refractivity contribution in [3.63, 3.8) is 0 Å². The minimum absolute atomic E-state index is 0.107. The fourth-order valence-corrected chi connectivity index (χ4v) is 2.00. The van der Waals surface area contributed by atoms with Crippen molar-refractivity contribution >= 4 is 11.7 Å². The van der Waals surface area contributed by atoms with Crippen LogP contribution in [0.15, 0.2) is 48.5 Å². The van der Waals surface area contributed by atoms with Crippen LogP contribution in [0.2, 0.25) is 0 Å². The highest BCUT2D eigenvalue weighted by atomic mass is 16.6. The Labute approximate surface area is 132 Å². The van der Waals surface area contributed by atoms with Crippen molar-refractivity contribution < 1.29 is 19.2 Å². The van der Waals surface area contributed by atoms with E-state index in [9.17, 15) is 14.9 Å². The maximum absolute atomic E-state index is 11.3. The van der Waals surface area contributed by atoms with Gasteiger partial charge in [0, 0.05) is 6.07 Å². The highest BCUT2D eigenvalue weighted by Crippen LogP contribution is 2.30. The van der Waals surface area contributed by atoms with Gasteiger partial charge in [-0.3, -0.25) is 14.9 Å². The number of nitrogens with zero attached hydrogens (tertiary/aromatic N) is 1. The van der Waals surface area contributed by atoms with Crippen LogP contribution in [0.5, 0.6) is 11.5 Å². The number of carbonyl (C=O) groups is 1. The van der Waals surface area contributed by atoms with E-state index in [1.54, 1.807) is 36.4 Å². The summed E-state index contributed by atoms with van der Waals surface area (Å²) in [7, 11) is 1.28. The van der Waals surface area contributed by atoms with Crippen LogP contribution in [0.25, 0.3) is 0 Å². The molecule has 0 fully saturated rings. The van der Waals surface area contributed by atoms with E-state index < -0.39 is 16.9 Å². The molecule has 2 aromatic carbocycles. The third kappa shape index (κ3) is 4.27. The van der Waals surface area contributed by atoms with Crippen LogP contribution < -0.4 is 10.5 Å². The summed E-state index contributed by atoms with van der Waals surface area (Å²) < 4.78 is 10.1. The van der Waals surface area contributed by atoms with Gasteiger partial charge in [-0.1, -0.05) is 24.3 Å². The molecule has 2 aromatic rings. The summed E-state index contributed by atoms with van der Waals surface area (Å²) in [5, 5.41) is 10.9. The van der Waals surface area contributed by atoms with Crippen molar-refractivity contribution in [2.24, 2.45) is 5.73 Å². The predicted octanol–water partition coefficient (Wildman–Crippen LogP) is 2.43. The topological polar surface area (TPSA) is 105 Å². The number of esters is 1. The van der Waals surface area contributed by atoms with Gasteiger partial charge in [0.2, 0.25) is 5.75 Å². The van der Waals surface area contributed by atoms with E-state index in [2.05, 4.69) is 4.74 Å². The third-order valence-electron chi connectivity index (χ3n) is 3.17. The number of para-hydroxylation sites is 2. The second kappa shape index (κ2) is 7.37. The second-order valence-electron chi connectivity index (χ2n) is 4.80. The van der Waals surface area contributed by atoms with E-state index in [0.717, 1.165) is 5.56 Å². The first-order chi connectivity index (χ1) is 11.0. The van der Waals surface area contributed by atoms with Gasteiger partial charge in [-0.2, -0.15) is 0 Å². The normalized spacial score (nSPS) is 11.6. The molecule has 0 aliphatic heterocycles. The standard InChI is InChI=1S/C16H16N2O5/c1-22-16(19)13(17)10-11-6-8-12(9-7-11)23-15-5-3-2-4-14(15)18(20)21/h2-9,13H,10,17H2,1H3/t13-/m0/s1. The number of hydrogen-bond donors (Lipinski definition) is 1. The zero-order valence-corrected chi connectivity index (χ0v) is 12.5. The molecule has 0 spiro atoms. The molecule has 0 amide bonds. The summed E-state index contributed by atoms with van der Waals surface area (Å²) in [5.74, 6) is 0.136. The van der Waals surface area contributed by atoms with Gasteiger partial charge < -0.3 is 15.2 Å². The first-order valence-electron chi connectivity index (χ1n) is 6.85. The van der Waals surface area contributed by atoms with Crippen molar-refractivity contribution in [3.8, 4) is 11.5 Å². The fourth-order valence-electron chi connectivity index (χ4n) is 2.00. The number of methoxy groups -OCH3 is 1. The average molecular weight is 316 g/mol. The SMILES string of the molecule is COC(=O)[C@@H](N)Cc1ccc(Oc2ccccc2[N+](=O)[O-])cc1. The van der Waals surface area contributed by atoms with Crippen LogP contribution in [-0.2, 0) is 16.0 Å². The Morgan fingerprint density at radius 1 is 1.22 bits per heavy atom. The molecule has 7 nitrogen and oxygen atoms in total. The Hall–Kier alpha value is -2.93. The lowest BCUT2D eigenvalue weighted by atomic mass is 10.1. The number of ether oxygens (including phenoxy) is 2. The molecule has 0 bridgehead atoms. The molecule has 7 heteroatoms. The van der Waals surface area contributed by atoms with E-state index in [0.29, 0.717) is 12.2 Å². The molecule has 2 N–H and O–H groups in total. The molecule has 0 heterocycles. The molecule has 0 unspecified atom stereocenters. The Bertz CT molecular complexity index is 700. The largest absolute Gasteiger partial charge is 0.468 e. The van der Waals surface area contributed by atoms with Crippen LogP contribution in [0.1, 0.15) is 5.56 Å². The van der Waals surface area contributed by atoms with Crippen LogP contribution in [0.3, 0.4) is 0 Å². The van der Waals surface area contributed by atoms with Gasteiger partial charge in [-0.15, -0.1) is 0 Å². The van der Waals surface area contributed by atoms with E-state index in [-0.39, 0.29) is 11.4 Å². The average Bonchev–Trinajstić information content (AvgIpc) is 2.56. The van der Waals surface area contributed by atoms with Gasteiger partial charge in [0.25, 0.3) is 0 Å². The molecule has 120 valence electrons. The van der Waals surface area contributed by atoms with E-state index >= 15 is 0 Å². The molecule has 0 aromatic heterocycles. The minimum Gasteiger partial charge on any atom is -0.468 e. The molecule has 23 heavy (non-hydrogen) atoms. The molecule has 2 rings (SSSR count). The number of nitrogens with two attached hydrogens (primary N) is 1. The third-order valence-corrected chi connectivity index (χ3v) is 3.17. The van der Waals surface area contributed by atoms with E-state index in [1.807, 2.05) is 0 Å². The van der Waals surface area contributed by atoms with Crippen molar-refractivity contribution in [1.29, 1.82) is 0 Å². The highest BCUT2D eigenvalue weighted by Gasteiger charge is 2.16. The van der Waals surface area contributed by atoms with Gasteiger partial charge in [0.05, 0.1) is 12.0 Å². The fraction of sp³-hybridized carbons (Fsp3) is 0.188. The van der Waals surface area contributed by atoms with Gasteiger partial charge in [-0.25, -0.2) is 0 Å². The number of benzene rings is 2. The van der Waals surface area contributed by atoms with E-state index in [1.165, 1.54) is 19.2 Å². The number of rotatable bonds is 6. The predicted molar refractivity (Wildman–Crippen MR) is 83.3 cm³/mol. The minimum atomic E-state index is -0.734. The first kappa shape index (κ1) is 16.4. The summed E-state index contributed by atoms with van der Waals surface area (Å²) in [4.78, 5) is 21.7. The lowest BCUT2D eigenvalue weighted by Gasteiger charge is -2.10. The second-order valence-corrected chi connectivity index (χ2v) is 4.80. The molecule has 0 aliphatic carbocycles. The summed E-state index contributed by atoms with van der Waals surface area (Å²) in [6.07, 6.45) is 0.332.